The standard InChI is InChI=1S/C13H19NO2.H2S/c1-9(2)14(4)12(13(15)16)11-7-5-10(3)6-8-11;/h5-9,12H,1-4H3,(H,15,16);1H2. The number of carboxylic acids is 1. The van der Waals surface area contributed by atoms with Gasteiger partial charge in [-0.05, 0) is 33.4 Å². The van der Waals surface area contributed by atoms with E-state index in [-0.39, 0.29) is 19.5 Å². The Labute approximate surface area is 110 Å². The van der Waals surface area contributed by atoms with Crippen LogP contribution in [0.5, 0.6) is 0 Å². The van der Waals surface area contributed by atoms with Crippen LogP contribution < -0.4 is 0 Å². The third kappa shape index (κ3) is 4.06. The maximum atomic E-state index is 11.3. The number of aryl methyl sites for hydroxylation is 1. The Hall–Kier alpha value is -1.00. The summed E-state index contributed by atoms with van der Waals surface area (Å²) in [6.45, 7) is 5.97. The number of likely N-dealkylation sites (N-methyl/N-ethyl adjacent to an activating group) is 1. The van der Waals surface area contributed by atoms with Crippen LogP contribution in [0.2, 0.25) is 0 Å². The summed E-state index contributed by atoms with van der Waals surface area (Å²) < 4.78 is 0. The van der Waals surface area contributed by atoms with Crippen LogP contribution >= 0.6 is 13.5 Å². The highest BCUT2D eigenvalue weighted by Gasteiger charge is 2.25. The molecule has 17 heavy (non-hydrogen) atoms. The minimum atomic E-state index is -0.806. The van der Waals surface area contributed by atoms with Gasteiger partial charge in [0.2, 0.25) is 0 Å². The highest BCUT2D eigenvalue weighted by atomic mass is 32.1. The molecule has 1 atom stereocenters. The fourth-order valence-electron chi connectivity index (χ4n) is 1.60. The van der Waals surface area contributed by atoms with Crippen molar-refractivity contribution in [2.45, 2.75) is 32.9 Å². The Bertz CT molecular complexity index is 362. The maximum absolute atomic E-state index is 11.3. The molecule has 1 aromatic carbocycles. The van der Waals surface area contributed by atoms with Crippen LogP contribution in [0.25, 0.3) is 0 Å². The van der Waals surface area contributed by atoms with E-state index in [0.29, 0.717) is 0 Å². The molecule has 0 aliphatic heterocycles. The van der Waals surface area contributed by atoms with E-state index in [9.17, 15) is 9.90 Å². The first-order chi connectivity index (χ1) is 7.43. The molecule has 0 heterocycles. The Kier molecular flexibility index (Phi) is 6.27. The molecule has 0 aliphatic rings. The summed E-state index contributed by atoms with van der Waals surface area (Å²) in [5.74, 6) is -0.806. The third-order valence-corrected chi connectivity index (χ3v) is 2.85. The van der Waals surface area contributed by atoms with Crippen LogP contribution in [-0.4, -0.2) is 29.1 Å². The first-order valence-electron chi connectivity index (χ1n) is 5.44. The summed E-state index contributed by atoms with van der Waals surface area (Å²) in [5.41, 5.74) is 1.97. The summed E-state index contributed by atoms with van der Waals surface area (Å²) in [4.78, 5) is 13.1. The van der Waals surface area contributed by atoms with Crippen molar-refractivity contribution < 1.29 is 9.90 Å². The van der Waals surface area contributed by atoms with Gasteiger partial charge in [0.05, 0.1) is 0 Å². The lowest BCUT2D eigenvalue weighted by atomic mass is 10.0. The zero-order chi connectivity index (χ0) is 12.3. The van der Waals surface area contributed by atoms with E-state index < -0.39 is 12.0 Å². The molecule has 1 aromatic rings. The van der Waals surface area contributed by atoms with Crippen molar-refractivity contribution in [3.05, 3.63) is 35.4 Å². The van der Waals surface area contributed by atoms with Crippen molar-refractivity contribution >= 4 is 19.5 Å². The topological polar surface area (TPSA) is 40.5 Å². The quantitative estimate of drug-likeness (QED) is 0.899. The molecule has 96 valence electrons. The molecule has 0 aromatic heterocycles. The van der Waals surface area contributed by atoms with E-state index in [0.717, 1.165) is 11.1 Å². The van der Waals surface area contributed by atoms with Crippen LogP contribution in [-0.2, 0) is 4.79 Å². The van der Waals surface area contributed by atoms with Crippen molar-refractivity contribution in [3.63, 3.8) is 0 Å². The molecule has 1 unspecified atom stereocenters. The molecule has 0 aliphatic carbocycles. The van der Waals surface area contributed by atoms with Gasteiger partial charge in [0.1, 0.15) is 6.04 Å². The van der Waals surface area contributed by atoms with Gasteiger partial charge in [-0.25, -0.2) is 0 Å². The predicted octanol–water partition coefficient (Wildman–Crippen LogP) is 2.57. The van der Waals surface area contributed by atoms with Crippen molar-refractivity contribution in [3.8, 4) is 0 Å². The molecule has 4 heteroatoms. The van der Waals surface area contributed by atoms with Crippen LogP contribution in [0.1, 0.15) is 31.0 Å². The SMILES string of the molecule is Cc1ccc(C(C(=O)O)N(C)C(C)C)cc1.S. The average Bonchev–Trinajstić information content (AvgIpc) is 2.20. The largest absolute Gasteiger partial charge is 0.480 e. The van der Waals surface area contributed by atoms with Gasteiger partial charge in [-0.15, -0.1) is 0 Å². The summed E-state index contributed by atoms with van der Waals surface area (Å²) in [6.07, 6.45) is 0. The van der Waals surface area contributed by atoms with Gasteiger partial charge in [-0.2, -0.15) is 13.5 Å². The second-order valence-corrected chi connectivity index (χ2v) is 4.41. The van der Waals surface area contributed by atoms with Gasteiger partial charge in [-0.1, -0.05) is 29.8 Å². The van der Waals surface area contributed by atoms with Crippen LogP contribution in [0.4, 0.5) is 0 Å². The number of hydrogen-bond acceptors (Lipinski definition) is 2. The molecule has 0 bridgehead atoms. The van der Waals surface area contributed by atoms with Gasteiger partial charge >= 0.3 is 5.97 Å². The van der Waals surface area contributed by atoms with Gasteiger partial charge < -0.3 is 5.11 Å². The smallest absolute Gasteiger partial charge is 0.325 e. The third-order valence-electron chi connectivity index (χ3n) is 2.85. The molecule has 0 radical (unpaired) electrons. The molecule has 3 nitrogen and oxygen atoms in total. The average molecular weight is 255 g/mol. The maximum Gasteiger partial charge on any atom is 0.325 e. The van der Waals surface area contributed by atoms with Crippen molar-refractivity contribution in [2.75, 3.05) is 7.05 Å². The fourth-order valence-corrected chi connectivity index (χ4v) is 1.60. The summed E-state index contributed by atoms with van der Waals surface area (Å²) in [6, 6.07) is 7.28. The van der Waals surface area contributed by atoms with Crippen LogP contribution in [0.15, 0.2) is 24.3 Å². The molecule has 0 saturated heterocycles. The van der Waals surface area contributed by atoms with Crippen molar-refractivity contribution in [1.29, 1.82) is 0 Å². The lowest BCUT2D eigenvalue weighted by molar-refractivity contribution is -0.143. The van der Waals surface area contributed by atoms with E-state index in [2.05, 4.69) is 0 Å². The number of benzene rings is 1. The monoisotopic (exact) mass is 255 g/mol. The first kappa shape index (κ1) is 16.0. The highest BCUT2D eigenvalue weighted by Crippen LogP contribution is 2.22. The lowest BCUT2D eigenvalue weighted by Crippen LogP contribution is -2.35. The number of aliphatic carboxylic acids is 1. The Balaban J connectivity index is 0.00000256. The minimum absolute atomic E-state index is 0. The highest BCUT2D eigenvalue weighted by molar-refractivity contribution is 7.59. The summed E-state index contributed by atoms with van der Waals surface area (Å²) in [5, 5.41) is 9.27. The van der Waals surface area contributed by atoms with Crippen LogP contribution in [0, 0.1) is 6.92 Å². The van der Waals surface area contributed by atoms with Gasteiger partial charge in [0.25, 0.3) is 0 Å². The molecule has 0 spiro atoms. The number of carbonyl (C=O) groups is 1. The van der Waals surface area contributed by atoms with Crippen LogP contribution in [0.3, 0.4) is 0 Å². The molecular weight excluding hydrogens is 234 g/mol. The fraction of sp³-hybridized carbons (Fsp3) is 0.462. The molecule has 0 amide bonds. The minimum Gasteiger partial charge on any atom is -0.480 e. The van der Waals surface area contributed by atoms with Crippen molar-refractivity contribution in [2.24, 2.45) is 0 Å². The summed E-state index contributed by atoms with van der Waals surface area (Å²) in [7, 11) is 1.84. The molecule has 1 N–H and O–H groups in total. The predicted molar refractivity (Wildman–Crippen MR) is 74.8 cm³/mol. The molecule has 0 fully saturated rings. The van der Waals surface area contributed by atoms with E-state index in [4.69, 9.17) is 0 Å². The zero-order valence-corrected chi connectivity index (χ0v) is 11.8. The second-order valence-electron chi connectivity index (χ2n) is 4.41. The van der Waals surface area contributed by atoms with E-state index in [1.807, 2.05) is 57.0 Å². The van der Waals surface area contributed by atoms with E-state index in [1.165, 1.54) is 0 Å². The Morgan fingerprint density at radius 2 is 1.71 bits per heavy atom. The zero-order valence-electron chi connectivity index (χ0n) is 10.8. The van der Waals surface area contributed by atoms with E-state index >= 15 is 0 Å². The normalized spacial score (nSPS) is 12.4. The molecular formula is C13H21NO2S. The van der Waals surface area contributed by atoms with Gasteiger partial charge in [-0.3, -0.25) is 9.69 Å². The number of nitrogens with zero attached hydrogens (tertiary/aromatic N) is 1. The Morgan fingerprint density at radius 1 is 1.24 bits per heavy atom. The Morgan fingerprint density at radius 3 is 2.06 bits per heavy atom. The first-order valence-corrected chi connectivity index (χ1v) is 5.44. The van der Waals surface area contributed by atoms with Crippen molar-refractivity contribution in [1.82, 2.24) is 4.90 Å². The molecule has 0 saturated carbocycles. The number of carboxylic acid groups (broad SMARTS) is 1. The van der Waals surface area contributed by atoms with Gasteiger partial charge in [0.15, 0.2) is 0 Å². The number of rotatable bonds is 4. The van der Waals surface area contributed by atoms with Gasteiger partial charge in [0, 0.05) is 6.04 Å². The summed E-state index contributed by atoms with van der Waals surface area (Å²) >= 11 is 0. The number of hydrogen-bond donors (Lipinski definition) is 1. The lowest BCUT2D eigenvalue weighted by Gasteiger charge is -2.28. The van der Waals surface area contributed by atoms with E-state index in [1.54, 1.807) is 0 Å². The molecule has 1 rings (SSSR count). The second kappa shape index (κ2) is 6.67.